The van der Waals surface area contributed by atoms with Crippen LogP contribution in [0.15, 0.2) is 0 Å². The summed E-state index contributed by atoms with van der Waals surface area (Å²) >= 11 is 0. The third kappa shape index (κ3) is 25.1. The number of rotatable bonds is 18. The van der Waals surface area contributed by atoms with E-state index in [1.54, 1.807) is 0 Å². The largest absolute Gasteiger partial charge is 0.694 e. The first kappa shape index (κ1) is 25.9. The number of unbranched alkanes of at least 4 members (excludes halogenated alkanes) is 15. The second-order valence-electron chi connectivity index (χ2n) is 6.37. The van der Waals surface area contributed by atoms with Crippen LogP contribution in [0.5, 0.6) is 0 Å². The van der Waals surface area contributed by atoms with E-state index in [9.17, 15) is 4.57 Å². The van der Waals surface area contributed by atoms with Gasteiger partial charge in [0.1, 0.15) is 6.61 Å². The molecule has 0 aliphatic carbocycles. The van der Waals surface area contributed by atoms with Crippen LogP contribution in [0.3, 0.4) is 0 Å². The fraction of sp³-hybridized carbons (Fsp3) is 1.00. The van der Waals surface area contributed by atoms with Crippen molar-refractivity contribution >= 4 is 8.25 Å². The average molecular weight is 429 g/mol. The first-order valence-electron chi connectivity index (χ1n) is 9.56. The summed E-state index contributed by atoms with van der Waals surface area (Å²) in [5, 5.41) is 0. The van der Waals surface area contributed by atoms with Gasteiger partial charge < -0.3 is 0 Å². The predicted molar refractivity (Wildman–Crippen MR) is 95.3 cm³/mol. The molecule has 138 valence electrons. The van der Waals surface area contributed by atoms with Gasteiger partial charge in [0.2, 0.25) is 0 Å². The Morgan fingerprint density at radius 2 is 0.957 bits per heavy atom. The van der Waals surface area contributed by atoms with Crippen LogP contribution in [0.25, 0.3) is 0 Å². The van der Waals surface area contributed by atoms with Crippen LogP contribution >= 0.6 is 8.25 Å². The molecule has 0 aromatic carbocycles. The first-order chi connectivity index (χ1) is 10.8. The van der Waals surface area contributed by atoms with Crippen molar-refractivity contribution in [1.29, 1.82) is 0 Å². The van der Waals surface area contributed by atoms with Crippen molar-refractivity contribution in [2.24, 2.45) is 0 Å². The molecule has 23 heavy (non-hydrogen) atoms. The van der Waals surface area contributed by atoms with Gasteiger partial charge in [0.15, 0.2) is 0 Å². The van der Waals surface area contributed by atoms with Gasteiger partial charge >= 0.3 is 8.25 Å². The van der Waals surface area contributed by atoms with Gasteiger partial charge in [-0.1, -0.05) is 103 Å². The second-order valence-corrected chi connectivity index (χ2v) is 7.11. The summed E-state index contributed by atoms with van der Waals surface area (Å²) in [4.78, 5) is 8.46. The van der Waals surface area contributed by atoms with Crippen LogP contribution in [0.2, 0.25) is 0 Å². The minimum absolute atomic E-state index is 0. The van der Waals surface area contributed by atoms with Gasteiger partial charge in [0.05, 0.1) is 0 Å². The summed E-state index contributed by atoms with van der Waals surface area (Å²) in [5.74, 6) is 0. The zero-order chi connectivity index (χ0) is 16.3. The third-order valence-corrected chi connectivity index (χ3v) is 4.60. The molecule has 0 bridgehead atoms. The first-order valence-corrected chi connectivity index (χ1v) is 10.7. The molecule has 0 rings (SSSR count). The van der Waals surface area contributed by atoms with Crippen molar-refractivity contribution in [3.8, 4) is 0 Å². The Morgan fingerprint density at radius 3 is 1.26 bits per heavy atom. The van der Waals surface area contributed by atoms with Crippen LogP contribution in [0.1, 0.15) is 110 Å². The van der Waals surface area contributed by atoms with Gasteiger partial charge in [0.25, 0.3) is 0 Å². The van der Waals surface area contributed by atoms with Crippen LogP contribution in [-0.4, -0.2) is 11.5 Å². The quantitative estimate of drug-likeness (QED) is 0.146. The topological polar surface area (TPSA) is 46.5 Å². The van der Waals surface area contributed by atoms with Gasteiger partial charge in [-0.05, 0) is 6.42 Å². The maximum atomic E-state index is 10.3. The van der Waals surface area contributed by atoms with Crippen molar-refractivity contribution in [3.05, 3.63) is 0 Å². The van der Waals surface area contributed by atoms with E-state index in [-0.39, 0.29) is 21.1 Å². The van der Waals surface area contributed by atoms with Gasteiger partial charge in [-0.25, -0.2) is 0 Å². The SMILES string of the molecule is CCCCCCCCCCCCCCCCCCO[P+](=O)O.[Mo]. The summed E-state index contributed by atoms with van der Waals surface area (Å²) < 4.78 is 14.9. The Labute approximate surface area is 159 Å². The van der Waals surface area contributed by atoms with E-state index in [1.165, 1.54) is 89.9 Å². The molecule has 0 heterocycles. The molecule has 0 spiro atoms. The van der Waals surface area contributed by atoms with E-state index in [0.717, 1.165) is 12.8 Å². The number of hydrogen-bond donors (Lipinski definition) is 1. The van der Waals surface area contributed by atoms with E-state index >= 15 is 0 Å². The zero-order valence-corrected chi connectivity index (χ0v) is 18.0. The predicted octanol–water partition coefficient (Wildman–Crippen LogP) is 6.91. The van der Waals surface area contributed by atoms with E-state index in [0.29, 0.717) is 6.61 Å². The third-order valence-electron chi connectivity index (χ3n) is 4.20. The molecule has 0 aliphatic rings. The minimum atomic E-state index is -2.39. The van der Waals surface area contributed by atoms with E-state index < -0.39 is 8.25 Å². The van der Waals surface area contributed by atoms with Gasteiger partial charge in [-0.3, -0.25) is 0 Å². The van der Waals surface area contributed by atoms with Gasteiger partial charge in [0, 0.05) is 25.6 Å². The molecule has 0 saturated heterocycles. The Hall–Kier alpha value is 0.708. The molecule has 5 heteroatoms. The molecule has 3 nitrogen and oxygen atoms in total. The Kier molecular flexibility index (Phi) is 25.6. The van der Waals surface area contributed by atoms with Crippen molar-refractivity contribution < 1.29 is 35.0 Å². The van der Waals surface area contributed by atoms with Gasteiger partial charge in [-0.2, -0.15) is 0 Å². The van der Waals surface area contributed by atoms with Crippen LogP contribution in [0, 0.1) is 0 Å². The van der Waals surface area contributed by atoms with Crippen molar-refractivity contribution in [3.63, 3.8) is 0 Å². The van der Waals surface area contributed by atoms with Crippen LogP contribution in [-0.2, 0) is 30.2 Å². The van der Waals surface area contributed by atoms with Crippen LogP contribution < -0.4 is 0 Å². The summed E-state index contributed by atoms with van der Waals surface area (Å²) in [5.41, 5.74) is 0. The van der Waals surface area contributed by atoms with Gasteiger partial charge in [-0.15, -0.1) is 9.42 Å². The molecule has 0 saturated carbocycles. The zero-order valence-electron chi connectivity index (χ0n) is 15.1. The molecule has 0 radical (unpaired) electrons. The molecule has 0 amide bonds. The fourth-order valence-electron chi connectivity index (χ4n) is 2.79. The Morgan fingerprint density at radius 1 is 0.652 bits per heavy atom. The summed E-state index contributed by atoms with van der Waals surface area (Å²) in [7, 11) is -2.39. The Balaban J connectivity index is 0. The van der Waals surface area contributed by atoms with E-state index in [2.05, 4.69) is 11.4 Å². The van der Waals surface area contributed by atoms with E-state index in [1.807, 2.05) is 0 Å². The molecule has 0 aromatic heterocycles. The average Bonchev–Trinajstić information content (AvgIpc) is 2.50. The monoisotopic (exact) mass is 431 g/mol. The van der Waals surface area contributed by atoms with Crippen molar-refractivity contribution in [1.82, 2.24) is 0 Å². The van der Waals surface area contributed by atoms with E-state index in [4.69, 9.17) is 4.89 Å². The van der Waals surface area contributed by atoms with Crippen molar-refractivity contribution in [2.45, 2.75) is 110 Å². The fourth-order valence-corrected chi connectivity index (χ4v) is 3.08. The van der Waals surface area contributed by atoms with Crippen molar-refractivity contribution in [2.75, 3.05) is 6.61 Å². The summed E-state index contributed by atoms with van der Waals surface area (Å²) in [6.45, 7) is 2.69. The van der Waals surface area contributed by atoms with Crippen LogP contribution in [0.4, 0.5) is 0 Å². The minimum Gasteiger partial charge on any atom is -0.133 e. The summed E-state index contributed by atoms with van der Waals surface area (Å²) in [6.07, 6.45) is 21.4. The smallest absolute Gasteiger partial charge is 0.133 e. The molecular formula is C18H38MoO3P+. The molecular weight excluding hydrogens is 391 g/mol. The molecule has 0 aromatic rings. The molecule has 1 unspecified atom stereocenters. The Bertz CT molecular complexity index is 240. The molecule has 1 atom stereocenters. The summed E-state index contributed by atoms with van der Waals surface area (Å²) in [6, 6.07) is 0. The second kappa shape index (κ2) is 22.7. The molecule has 0 aliphatic heterocycles. The molecule has 1 N–H and O–H groups in total. The maximum absolute atomic E-state index is 10.3. The number of hydrogen-bond acceptors (Lipinski definition) is 2. The normalized spacial score (nSPS) is 11.3. The molecule has 0 fully saturated rings. The maximum Gasteiger partial charge on any atom is 0.694 e. The standard InChI is InChI=1S/C18H37O3P.Mo/c1-2-3-4-5-6-7-8-9-10-11-12-13-14-15-16-17-18-21-22(19)20;/h2-18H2,1H3;/p+1.